The van der Waals surface area contributed by atoms with Crippen molar-refractivity contribution in [2.75, 3.05) is 26.2 Å². The number of piperazine rings is 1. The molecule has 19 heavy (non-hydrogen) atoms. The third kappa shape index (κ3) is 3.03. The number of aromatic nitrogens is 2. The van der Waals surface area contributed by atoms with Gasteiger partial charge in [-0.3, -0.25) is 4.90 Å². The highest BCUT2D eigenvalue weighted by atomic mass is 19.4. The van der Waals surface area contributed by atoms with Crippen LogP contribution < -0.4 is 5.32 Å². The van der Waals surface area contributed by atoms with Crippen LogP contribution in [0.5, 0.6) is 0 Å². The summed E-state index contributed by atoms with van der Waals surface area (Å²) in [5.41, 5.74) is -1.50. The molecule has 106 valence electrons. The normalized spacial score (nSPS) is 18.6. The number of nitrogens with zero attached hydrogens (tertiary/aromatic N) is 3. The van der Waals surface area contributed by atoms with Crippen LogP contribution in [0.1, 0.15) is 25.4 Å². The molecule has 1 fully saturated rings. The Morgan fingerprint density at radius 2 is 1.84 bits per heavy atom. The molecule has 0 amide bonds. The Kier molecular flexibility index (Phi) is 3.78. The van der Waals surface area contributed by atoms with Crippen LogP contribution in [0.4, 0.5) is 13.2 Å². The van der Waals surface area contributed by atoms with Crippen molar-refractivity contribution < 1.29 is 13.2 Å². The van der Waals surface area contributed by atoms with E-state index >= 15 is 0 Å². The molecule has 0 bridgehead atoms. The molecule has 7 heteroatoms. The van der Waals surface area contributed by atoms with Gasteiger partial charge in [0.1, 0.15) is 11.5 Å². The van der Waals surface area contributed by atoms with Gasteiger partial charge in [0.2, 0.25) is 0 Å². The Labute approximate surface area is 110 Å². The van der Waals surface area contributed by atoms with Gasteiger partial charge in [0, 0.05) is 32.4 Å². The van der Waals surface area contributed by atoms with Crippen molar-refractivity contribution in [2.45, 2.75) is 25.6 Å². The predicted octanol–water partition coefficient (Wildman–Crippen LogP) is 1.64. The maximum Gasteiger partial charge on any atom is 0.433 e. The lowest BCUT2D eigenvalue weighted by atomic mass is 10.0. The van der Waals surface area contributed by atoms with Crippen LogP contribution in [0.15, 0.2) is 12.3 Å². The molecule has 2 heterocycles. The number of nitrogens with one attached hydrogen (secondary N) is 1. The summed E-state index contributed by atoms with van der Waals surface area (Å²) in [4.78, 5) is 9.82. The van der Waals surface area contributed by atoms with Crippen molar-refractivity contribution >= 4 is 0 Å². The molecule has 1 saturated heterocycles. The SMILES string of the molecule is CC(C)(c1nccc(C(F)(F)F)n1)N1CCNCC1. The molecule has 0 spiro atoms. The van der Waals surface area contributed by atoms with Gasteiger partial charge in [0.05, 0.1) is 5.54 Å². The summed E-state index contributed by atoms with van der Waals surface area (Å²) in [7, 11) is 0. The fourth-order valence-electron chi connectivity index (χ4n) is 2.18. The smallest absolute Gasteiger partial charge is 0.314 e. The Bertz CT molecular complexity index is 439. The van der Waals surface area contributed by atoms with E-state index in [0.717, 1.165) is 32.2 Å². The summed E-state index contributed by atoms with van der Waals surface area (Å²) < 4.78 is 38.1. The second kappa shape index (κ2) is 5.05. The second-order valence-electron chi connectivity index (χ2n) is 5.06. The average molecular weight is 274 g/mol. The second-order valence-corrected chi connectivity index (χ2v) is 5.06. The molecule has 1 aliphatic rings. The average Bonchev–Trinajstić information content (AvgIpc) is 2.39. The number of rotatable bonds is 2. The fourth-order valence-corrected chi connectivity index (χ4v) is 2.18. The molecule has 1 aromatic heterocycles. The molecule has 0 unspecified atom stereocenters. The predicted molar refractivity (Wildman–Crippen MR) is 64.5 cm³/mol. The van der Waals surface area contributed by atoms with Gasteiger partial charge in [-0.1, -0.05) is 0 Å². The quantitative estimate of drug-likeness (QED) is 0.890. The third-order valence-electron chi connectivity index (χ3n) is 3.40. The summed E-state index contributed by atoms with van der Waals surface area (Å²) in [5.74, 6) is 0.212. The van der Waals surface area contributed by atoms with Crippen molar-refractivity contribution in [1.82, 2.24) is 20.2 Å². The van der Waals surface area contributed by atoms with E-state index in [1.165, 1.54) is 6.20 Å². The van der Waals surface area contributed by atoms with Crippen LogP contribution in [0.2, 0.25) is 0 Å². The van der Waals surface area contributed by atoms with Crippen LogP contribution in [-0.4, -0.2) is 41.0 Å². The maximum absolute atomic E-state index is 12.7. The highest BCUT2D eigenvalue weighted by Crippen LogP contribution is 2.30. The molecule has 1 aromatic rings. The van der Waals surface area contributed by atoms with Gasteiger partial charge in [0.15, 0.2) is 0 Å². The van der Waals surface area contributed by atoms with Gasteiger partial charge < -0.3 is 5.32 Å². The minimum absolute atomic E-state index is 0.212. The van der Waals surface area contributed by atoms with Crippen LogP contribution in [0.25, 0.3) is 0 Å². The molecule has 0 atom stereocenters. The number of alkyl halides is 3. The van der Waals surface area contributed by atoms with Gasteiger partial charge in [-0.2, -0.15) is 13.2 Å². The molecule has 4 nitrogen and oxygen atoms in total. The Hall–Kier alpha value is -1.21. The topological polar surface area (TPSA) is 41.1 Å². The summed E-state index contributed by atoms with van der Waals surface area (Å²) in [5, 5.41) is 3.21. The molecule has 1 N–H and O–H groups in total. The zero-order valence-electron chi connectivity index (χ0n) is 11.0. The highest BCUT2D eigenvalue weighted by molar-refractivity contribution is 5.11. The Balaban J connectivity index is 2.29. The number of hydrogen-bond acceptors (Lipinski definition) is 4. The van der Waals surface area contributed by atoms with E-state index in [9.17, 15) is 13.2 Å². The molecule has 0 radical (unpaired) electrons. The van der Waals surface area contributed by atoms with Crippen molar-refractivity contribution in [1.29, 1.82) is 0 Å². The zero-order chi connectivity index (χ0) is 14.1. The summed E-state index contributed by atoms with van der Waals surface area (Å²) >= 11 is 0. The Morgan fingerprint density at radius 1 is 1.21 bits per heavy atom. The highest BCUT2D eigenvalue weighted by Gasteiger charge is 2.37. The van der Waals surface area contributed by atoms with Crippen molar-refractivity contribution in [2.24, 2.45) is 0 Å². The first-order valence-corrected chi connectivity index (χ1v) is 6.18. The van der Waals surface area contributed by atoms with Crippen molar-refractivity contribution in [3.8, 4) is 0 Å². The first-order valence-electron chi connectivity index (χ1n) is 6.18. The van der Waals surface area contributed by atoms with E-state index in [4.69, 9.17) is 0 Å². The van der Waals surface area contributed by atoms with E-state index < -0.39 is 17.4 Å². The van der Waals surface area contributed by atoms with Crippen molar-refractivity contribution in [3.63, 3.8) is 0 Å². The van der Waals surface area contributed by atoms with Crippen molar-refractivity contribution in [3.05, 3.63) is 23.8 Å². The summed E-state index contributed by atoms with van der Waals surface area (Å²) in [6.07, 6.45) is -3.26. The maximum atomic E-state index is 12.7. The standard InChI is InChI=1S/C12H17F3N4/c1-11(2,19-7-5-16-6-8-19)10-17-4-3-9(18-10)12(13,14)15/h3-4,16H,5-8H2,1-2H3. The molecule has 0 aliphatic carbocycles. The number of halogens is 3. The molecular weight excluding hydrogens is 257 g/mol. The monoisotopic (exact) mass is 274 g/mol. The number of hydrogen-bond donors (Lipinski definition) is 1. The summed E-state index contributed by atoms with van der Waals surface area (Å²) in [6, 6.07) is 0.900. The van der Waals surface area contributed by atoms with Gasteiger partial charge in [-0.15, -0.1) is 0 Å². The Morgan fingerprint density at radius 3 is 2.42 bits per heavy atom. The van der Waals surface area contributed by atoms with E-state index in [0.29, 0.717) is 0 Å². The van der Waals surface area contributed by atoms with Crippen LogP contribution >= 0.6 is 0 Å². The van der Waals surface area contributed by atoms with E-state index in [2.05, 4.69) is 20.2 Å². The van der Waals surface area contributed by atoms with E-state index in [1.807, 2.05) is 13.8 Å². The van der Waals surface area contributed by atoms with E-state index in [1.54, 1.807) is 0 Å². The lowest BCUT2D eigenvalue weighted by Gasteiger charge is -2.40. The third-order valence-corrected chi connectivity index (χ3v) is 3.40. The lowest BCUT2D eigenvalue weighted by molar-refractivity contribution is -0.141. The molecular formula is C12H17F3N4. The minimum Gasteiger partial charge on any atom is -0.314 e. The molecule has 0 saturated carbocycles. The minimum atomic E-state index is -4.43. The van der Waals surface area contributed by atoms with E-state index in [-0.39, 0.29) is 5.82 Å². The molecule has 2 rings (SSSR count). The largest absolute Gasteiger partial charge is 0.433 e. The van der Waals surface area contributed by atoms with Gasteiger partial charge in [0.25, 0.3) is 0 Å². The first-order chi connectivity index (χ1) is 8.82. The van der Waals surface area contributed by atoms with Gasteiger partial charge in [-0.25, -0.2) is 9.97 Å². The van der Waals surface area contributed by atoms with Crippen LogP contribution in [0.3, 0.4) is 0 Å². The van der Waals surface area contributed by atoms with Gasteiger partial charge in [-0.05, 0) is 19.9 Å². The first kappa shape index (κ1) is 14.2. The van der Waals surface area contributed by atoms with Crippen LogP contribution in [0, 0.1) is 0 Å². The zero-order valence-corrected chi connectivity index (χ0v) is 11.0. The molecule has 1 aliphatic heterocycles. The molecule has 0 aromatic carbocycles. The van der Waals surface area contributed by atoms with Gasteiger partial charge >= 0.3 is 6.18 Å². The fraction of sp³-hybridized carbons (Fsp3) is 0.667. The lowest BCUT2D eigenvalue weighted by Crippen LogP contribution is -2.52. The summed E-state index contributed by atoms with van der Waals surface area (Å²) in [6.45, 7) is 6.89. The van der Waals surface area contributed by atoms with Crippen LogP contribution in [-0.2, 0) is 11.7 Å².